The number of halogens is 4. The first-order valence-corrected chi connectivity index (χ1v) is 12.8. The summed E-state index contributed by atoms with van der Waals surface area (Å²) in [4.78, 5) is 23.9. The molecule has 3 aliphatic rings. The van der Waals surface area contributed by atoms with Crippen LogP contribution in [-0.2, 0) is 19.3 Å². The van der Waals surface area contributed by atoms with Crippen molar-refractivity contribution in [2.75, 3.05) is 11.9 Å². The Morgan fingerprint density at radius 2 is 1.69 bits per heavy atom. The zero-order valence-electron chi connectivity index (χ0n) is 18.0. The number of nitrogens with one attached hydrogen (secondary N) is 1. The number of ether oxygens (including phenoxy) is 2. The van der Waals surface area contributed by atoms with Crippen LogP contribution < -0.4 is 5.32 Å². The maximum absolute atomic E-state index is 13.7. The quantitative estimate of drug-likeness (QED) is 0.448. The highest BCUT2D eigenvalue weighted by atomic mass is 35.5. The second-order valence-electron chi connectivity index (χ2n) is 9.19. The molecule has 2 bridgehead atoms. The van der Waals surface area contributed by atoms with Gasteiger partial charge in [-0.05, 0) is 55.7 Å². The molecule has 0 radical (unpaired) electrons. The maximum Gasteiger partial charge on any atom is 0.509 e. The van der Waals surface area contributed by atoms with Gasteiger partial charge in [-0.15, -0.1) is 0 Å². The van der Waals surface area contributed by atoms with Gasteiger partial charge < -0.3 is 14.8 Å². The van der Waals surface area contributed by atoms with E-state index in [1.807, 2.05) is 0 Å². The zero-order chi connectivity index (χ0) is 25.1. The molecule has 1 saturated heterocycles. The van der Waals surface area contributed by atoms with Crippen molar-refractivity contribution in [2.45, 2.75) is 41.4 Å². The molecule has 0 aromatic heterocycles. The summed E-state index contributed by atoms with van der Waals surface area (Å²) in [6.07, 6.45) is 1.20. The second-order valence-corrected chi connectivity index (χ2v) is 11.7. The van der Waals surface area contributed by atoms with Gasteiger partial charge in [-0.25, -0.2) is 26.4 Å². The van der Waals surface area contributed by atoms with Crippen LogP contribution >= 0.6 is 11.6 Å². The smallest absolute Gasteiger partial charge is 0.430 e. The topological polar surface area (TPSA) is 98.8 Å². The molecule has 7 nitrogen and oxygen atoms in total. The number of carbonyl (C=O) groups excluding carboxylic acids is 2. The highest BCUT2D eigenvalue weighted by molar-refractivity contribution is 7.92. The molecule has 2 unspecified atom stereocenters. The Balaban J connectivity index is 1.41. The van der Waals surface area contributed by atoms with E-state index >= 15 is 0 Å². The molecule has 186 valence electrons. The molecule has 1 spiro atoms. The van der Waals surface area contributed by atoms with Crippen molar-refractivity contribution in [3.63, 3.8) is 0 Å². The predicted octanol–water partition coefficient (Wildman–Crippen LogP) is 4.88. The van der Waals surface area contributed by atoms with Gasteiger partial charge in [-0.3, -0.25) is 4.79 Å². The molecular formula is C23H19ClF3NO6S. The van der Waals surface area contributed by atoms with Gasteiger partial charge in [0.2, 0.25) is 0 Å². The lowest BCUT2D eigenvalue weighted by atomic mass is 9.77. The molecule has 2 aliphatic carbocycles. The summed E-state index contributed by atoms with van der Waals surface area (Å²) < 4.78 is 77.9. The lowest BCUT2D eigenvalue weighted by molar-refractivity contribution is 0.00401. The number of hydrogen-bond donors (Lipinski definition) is 1. The Kier molecular flexibility index (Phi) is 5.75. The lowest BCUT2D eigenvalue weighted by Gasteiger charge is -2.39. The van der Waals surface area contributed by atoms with E-state index in [0.29, 0.717) is 37.8 Å². The van der Waals surface area contributed by atoms with E-state index in [0.717, 1.165) is 6.07 Å². The van der Waals surface area contributed by atoms with Crippen LogP contribution in [0.1, 0.15) is 36.0 Å². The molecule has 12 heteroatoms. The van der Waals surface area contributed by atoms with E-state index in [4.69, 9.17) is 21.1 Å². The molecule has 4 atom stereocenters. The van der Waals surface area contributed by atoms with Crippen LogP contribution in [0.15, 0.2) is 35.2 Å². The number of rotatable bonds is 4. The second kappa shape index (κ2) is 8.41. The van der Waals surface area contributed by atoms with Crippen LogP contribution in [0, 0.1) is 29.3 Å². The summed E-state index contributed by atoms with van der Waals surface area (Å²) >= 11 is 6.24. The monoisotopic (exact) mass is 529 g/mol. The number of amides is 1. The van der Waals surface area contributed by atoms with Gasteiger partial charge in [0, 0.05) is 23.4 Å². The molecule has 3 fully saturated rings. The van der Waals surface area contributed by atoms with Crippen LogP contribution in [0.4, 0.5) is 23.7 Å². The summed E-state index contributed by atoms with van der Waals surface area (Å²) in [5, 5.41) is 1.38. The fourth-order valence-electron chi connectivity index (χ4n) is 5.59. The van der Waals surface area contributed by atoms with Crippen molar-refractivity contribution >= 4 is 39.2 Å². The minimum atomic E-state index is -4.00. The normalized spacial score (nSPS) is 27.5. The molecule has 1 N–H and O–H groups in total. The van der Waals surface area contributed by atoms with Gasteiger partial charge in [0.05, 0.1) is 15.2 Å². The number of sulfone groups is 1. The third-order valence-corrected chi connectivity index (χ3v) is 9.84. The van der Waals surface area contributed by atoms with Gasteiger partial charge in [0.1, 0.15) is 6.61 Å². The summed E-state index contributed by atoms with van der Waals surface area (Å²) in [6, 6.07) is 4.87. The molecule has 2 aromatic carbocycles. The van der Waals surface area contributed by atoms with E-state index in [1.165, 1.54) is 12.1 Å². The number of fused-ring (bicyclic) bond motifs is 2. The zero-order valence-corrected chi connectivity index (χ0v) is 19.6. The van der Waals surface area contributed by atoms with E-state index < -0.39 is 50.2 Å². The standard InChI is InChI=1S/C23H19ClF3NO6S/c24-15-4-3-11(21(29)28-14-6-16(25)19(27)17(26)7-14)5-18(15)35(31,32)20-12-1-2-13(20)9-23(8-12)10-33-22(30)34-23/h3-7,12-13,20H,1-2,8-10H2,(H,28,29)/t12-,13?,20?,23+/m0/s1. The highest BCUT2D eigenvalue weighted by Crippen LogP contribution is 2.53. The van der Waals surface area contributed by atoms with Crippen molar-refractivity contribution in [1.82, 2.24) is 0 Å². The SMILES string of the molecule is O=C1OC[C@@]2(CC3CC[C@@H](C2)C3S(=O)(=O)c2cc(C(=O)Nc3cc(F)c(F)c(F)c3)ccc2Cl)O1. The summed E-state index contributed by atoms with van der Waals surface area (Å²) in [6.45, 7) is 0.0899. The Labute approximate surface area is 203 Å². The highest BCUT2D eigenvalue weighted by Gasteiger charge is 2.58. The van der Waals surface area contributed by atoms with Crippen molar-refractivity contribution in [2.24, 2.45) is 11.8 Å². The first-order valence-electron chi connectivity index (χ1n) is 10.8. The Bertz CT molecular complexity index is 1310. The fraction of sp³-hybridized carbons (Fsp3) is 0.391. The van der Waals surface area contributed by atoms with E-state index in [1.54, 1.807) is 0 Å². The number of anilines is 1. The first-order chi connectivity index (χ1) is 16.5. The summed E-state index contributed by atoms with van der Waals surface area (Å²) in [5.41, 5.74) is -1.27. The molecule has 5 rings (SSSR count). The molecular weight excluding hydrogens is 511 g/mol. The third kappa shape index (κ3) is 4.14. The Morgan fingerprint density at radius 1 is 1.06 bits per heavy atom. The summed E-state index contributed by atoms with van der Waals surface area (Å²) in [7, 11) is -4.00. The minimum absolute atomic E-state index is 0.0734. The van der Waals surface area contributed by atoms with Gasteiger partial charge in [0.25, 0.3) is 5.91 Å². The van der Waals surface area contributed by atoms with Crippen molar-refractivity contribution < 1.29 is 40.7 Å². The molecule has 35 heavy (non-hydrogen) atoms. The van der Waals surface area contributed by atoms with Crippen LogP contribution in [-0.4, -0.2) is 37.9 Å². The van der Waals surface area contributed by atoms with Crippen molar-refractivity contribution in [3.8, 4) is 0 Å². The average Bonchev–Trinajstić information content (AvgIpc) is 3.29. The van der Waals surface area contributed by atoms with Crippen LogP contribution in [0.2, 0.25) is 5.02 Å². The Morgan fingerprint density at radius 3 is 2.26 bits per heavy atom. The Hall–Kier alpha value is -2.79. The number of benzene rings is 2. The van der Waals surface area contributed by atoms with Crippen LogP contribution in [0.3, 0.4) is 0 Å². The summed E-state index contributed by atoms with van der Waals surface area (Å²) in [5.74, 6) is -6.07. The number of carbonyl (C=O) groups is 2. The van der Waals surface area contributed by atoms with Gasteiger partial charge in [-0.2, -0.15) is 0 Å². The molecule has 2 saturated carbocycles. The number of hydrogen-bond acceptors (Lipinski definition) is 6. The van der Waals surface area contributed by atoms with E-state index in [2.05, 4.69) is 5.32 Å². The lowest BCUT2D eigenvalue weighted by Crippen LogP contribution is -2.47. The largest absolute Gasteiger partial charge is 0.509 e. The number of cyclic esters (lactones) is 1. The van der Waals surface area contributed by atoms with Gasteiger partial charge in [-0.1, -0.05) is 11.6 Å². The fourth-order valence-corrected chi connectivity index (χ4v) is 8.43. The predicted molar refractivity (Wildman–Crippen MR) is 117 cm³/mol. The van der Waals surface area contributed by atoms with E-state index in [9.17, 15) is 31.2 Å². The van der Waals surface area contributed by atoms with E-state index in [-0.39, 0.29) is 39.6 Å². The van der Waals surface area contributed by atoms with Gasteiger partial charge in [0.15, 0.2) is 32.9 Å². The molecule has 1 amide bonds. The van der Waals surface area contributed by atoms with Gasteiger partial charge >= 0.3 is 6.16 Å². The van der Waals surface area contributed by atoms with Crippen molar-refractivity contribution in [3.05, 3.63) is 58.4 Å². The average molecular weight is 530 g/mol. The molecule has 1 aliphatic heterocycles. The minimum Gasteiger partial charge on any atom is -0.430 e. The first kappa shape index (κ1) is 23.9. The molecule has 2 aromatic rings. The van der Waals surface area contributed by atoms with Crippen LogP contribution in [0.25, 0.3) is 0 Å². The van der Waals surface area contributed by atoms with Crippen molar-refractivity contribution in [1.29, 1.82) is 0 Å². The molecule has 1 heterocycles. The third-order valence-electron chi connectivity index (χ3n) is 6.96. The van der Waals surface area contributed by atoms with Crippen LogP contribution in [0.5, 0.6) is 0 Å². The maximum atomic E-state index is 13.7.